The summed E-state index contributed by atoms with van der Waals surface area (Å²) in [5.74, 6) is 0. The van der Waals surface area contributed by atoms with Gasteiger partial charge in [0.05, 0.1) is 0 Å². The third-order valence-corrected chi connectivity index (χ3v) is 3.92. The van der Waals surface area contributed by atoms with Crippen LogP contribution in [-0.2, 0) is 22.7 Å². The monoisotopic (exact) mass is 260 g/mol. The molecule has 0 rings (SSSR count). The lowest BCUT2D eigenvalue weighted by molar-refractivity contribution is 0.223. The van der Waals surface area contributed by atoms with E-state index in [1.165, 1.54) is 13.8 Å². The standard InChI is InChI=1S/C6H14O7P2/c1-5(2)6(13-15(8,9)10)14(7,11-3)12-4/h1-4H3,(H2,8,9,10). The summed E-state index contributed by atoms with van der Waals surface area (Å²) in [6, 6.07) is 0. The quantitative estimate of drug-likeness (QED) is 0.574. The van der Waals surface area contributed by atoms with E-state index in [2.05, 4.69) is 13.6 Å². The van der Waals surface area contributed by atoms with Gasteiger partial charge in [0.15, 0.2) is 0 Å². The van der Waals surface area contributed by atoms with Crippen molar-refractivity contribution in [1.29, 1.82) is 0 Å². The van der Waals surface area contributed by atoms with Crippen LogP contribution in [0.15, 0.2) is 11.1 Å². The summed E-state index contributed by atoms with van der Waals surface area (Å²) in [6.07, 6.45) is 0. The molecule has 15 heavy (non-hydrogen) atoms. The van der Waals surface area contributed by atoms with Crippen LogP contribution >= 0.6 is 15.4 Å². The van der Waals surface area contributed by atoms with Crippen molar-refractivity contribution in [3.63, 3.8) is 0 Å². The Morgan fingerprint density at radius 3 is 1.67 bits per heavy atom. The lowest BCUT2D eigenvalue weighted by Crippen LogP contribution is -1.99. The second kappa shape index (κ2) is 5.25. The number of hydrogen-bond acceptors (Lipinski definition) is 5. The van der Waals surface area contributed by atoms with Crippen molar-refractivity contribution in [3.05, 3.63) is 11.1 Å². The lowest BCUT2D eigenvalue weighted by Gasteiger charge is -2.19. The van der Waals surface area contributed by atoms with Gasteiger partial charge in [0.1, 0.15) is 0 Å². The van der Waals surface area contributed by atoms with E-state index in [9.17, 15) is 9.13 Å². The second-order valence-corrected chi connectivity index (χ2v) is 6.04. The predicted molar refractivity (Wildman–Crippen MR) is 53.1 cm³/mol. The number of hydrogen-bond donors (Lipinski definition) is 2. The smallest absolute Gasteiger partial charge is 0.396 e. The highest BCUT2D eigenvalue weighted by molar-refractivity contribution is 7.59. The first-order valence-electron chi connectivity index (χ1n) is 3.81. The highest BCUT2D eigenvalue weighted by atomic mass is 31.2. The topological polar surface area (TPSA) is 102 Å². The Balaban J connectivity index is 5.29. The predicted octanol–water partition coefficient (Wildman–Crippen LogP) is 1.83. The Labute approximate surface area is 87.8 Å². The number of phosphoric acid groups is 1. The van der Waals surface area contributed by atoms with Crippen LogP contribution in [-0.4, -0.2) is 24.0 Å². The molecule has 0 radical (unpaired) electrons. The van der Waals surface area contributed by atoms with Crippen molar-refractivity contribution in [2.24, 2.45) is 0 Å². The molecule has 90 valence electrons. The highest BCUT2D eigenvalue weighted by Gasteiger charge is 2.35. The van der Waals surface area contributed by atoms with Crippen LogP contribution in [0.4, 0.5) is 0 Å². The first-order valence-corrected chi connectivity index (χ1v) is 6.88. The zero-order valence-electron chi connectivity index (χ0n) is 8.83. The van der Waals surface area contributed by atoms with Gasteiger partial charge in [-0.25, -0.2) is 4.57 Å². The molecule has 0 amide bonds. The third kappa shape index (κ3) is 4.47. The van der Waals surface area contributed by atoms with Gasteiger partial charge in [-0.3, -0.25) is 14.4 Å². The van der Waals surface area contributed by atoms with Crippen molar-refractivity contribution in [1.82, 2.24) is 0 Å². The molecule has 2 N–H and O–H groups in total. The van der Waals surface area contributed by atoms with Crippen molar-refractivity contribution in [2.45, 2.75) is 13.8 Å². The van der Waals surface area contributed by atoms with E-state index in [0.29, 0.717) is 5.57 Å². The molecule has 0 saturated heterocycles. The molecule has 0 fully saturated rings. The fraction of sp³-hybridized carbons (Fsp3) is 0.667. The zero-order chi connectivity index (χ0) is 12.3. The van der Waals surface area contributed by atoms with Crippen LogP contribution in [0.25, 0.3) is 0 Å². The number of rotatable bonds is 5. The molecule has 0 aromatic rings. The van der Waals surface area contributed by atoms with E-state index in [1.807, 2.05) is 0 Å². The van der Waals surface area contributed by atoms with Crippen LogP contribution < -0.4 is 0 Å². The van der Waals surface area contributed by atoms with Crippen molar-refractivity contribution >= 4 is 15.4 Å². The molecular weight excluding hydrogens is 246 g/mol. The molecule has 0 aliphatic carbocycles. The summed E-state index contributed by atoms with van der Waals surface area (Å²) in [6.45, 7) is 2.94. The average Bonchev–Trinajstić information content (AvgIpc) is 2.11. The van der Waals surface area contributed by atoms with E-state index in [-0.39, 0.29) is 0 Å². The zero-order valence-corrected chi connectivity index (χ0v) is 10.6. The SMILES string of the molecule is COP(=O)(OC)C(OP(=O)(O)O)=C(C)C. The number of phosphoric ester groups is 1. The lowest BCUT2D eigenvalue weighted by atomic mass is 10.4. The van der Waals surface area contributed by atoms with E-state index in [1.54, 1.807) is 0 Å². The Morgan fingerprint density at radius 2 is 1.47 bits per heavy atom. The summed E-state index contributed by atoms with van der Waals surface area (Å²) in [4.78, 5) is 17.2. The third-order valence-electron chi connectivity index (χ3n) is 1.36. The van der Waals surface area contributed by atoms with E-state index < -0.39 is 20.9 Å². The summed E-state index contributed by atoms with van der Waals surface area (Å²) in [5.41, 5.74) is -0.175. The van der Waals surface area contributed by atoms with E-state index in [0.717, 1.165) is 14.2 Å². The molecule has 0 aliphatic rings. The Morgan fingerprint density at radius 1 is 1.07 bits per heavy atom. The largest absolute Gasteiger partial charge is 0.525 e. The van der Waals surface area contributed by atoms with Gasteiger partial charge in [-0.15, -0.1) is 0 Å². The van der Waals surface area contributed by atoms with Crippen molar-refractivity contribution in [3.8, 4) is 0 Å². The van der Waals surface area contributed by atoms with Gasteiger partial charge < -0.3 is 13.6 Å². The minimum Gasteiger partial charge on any atom is -0.396 e. The van der Waals surface area contributed by atoms with Crippen LogP contribution in [0.5, 0.6) is 0 Å². The first-order chi connectivity index (χ1) is 6.66. The van der Waals surface area contributed by atoms with E-state index >= 15 is 0 Å². The summed E-state index contributed by atoms with van der Waals surface area (Å²) < 4.78 is 35.8. The molecular formula is C6H14O7P2. The second-order valence-electron chi connectivity index (χ2n) is 2.75. The maximum absolute atomic E-state index is 11.8. The molecule has 0 atom stereocenters. The van der Waals surface area contributed by atoms with Gasteiger partial charge in [-0.2, -0.15) is 0 Å². The van der Waals surface area contributed by atoms with Crippen molar-refractivity contribution < 1.29 is 32.5 Å². The summed E-state index contributed by atoms with van der Waals surface area (Å²) >= 11 is 0. The van der Waals surface area contributed by atoms with Gasteiger partial charge in [-0.1, -0.05) is 0 Å². The minimum absolute atomic E-state index is 0.297. The molecule has 7 nitrogen and oxygen atoms in total. The van der Waals surface area contributed by atoms with Gasteiger partial charge in [0.25, 0.3) is 0 Å². The van der Waals surface area contributed by atoms with Crippen LogP contribution in [0.2, 0.25) is 0 Å². The fourth-order valence-electron chi connectivity index (χ4n) is 0.768. The normalized spacial score (nSPS) is 12.4. The van der Waals surface area contributed by atoms with Crippen molar-refractivity contribution in [2.75, 3.05) is 14.2 Å². The molecule has 0 unspecified atom stereocenters. The van der Waals surface area contributed by atoms with Gasteiger partial charge >= 0.3 is 15.4 Å². The minimum atomic E-state index is -4.79. The molecule has 0 aromatic heterocycles. The Bertz CT molecular complexity index is 329. The number of allylic oxidation sites excluding steroid dienone is 1. The average molecular weight is 260 g/mol. The first kappa shape index (κ1) is 14.8. The highest BCUT2D eigenvalue weighted by Crippen LogP contribution is 2.60. The molecule has 0 bridgehead atoms. The molecule has 9 heteroatoms. The molecule has 0 heterocycles. The fourth-order valence-corrected chi connectivity index (χ4v) is 2.92. The maximum atomic E-state index is 11.8. The van der Waals surface area contributed by atoms with Crippen LogP contribution in [0.3, 0.4) is 0 Å². The Hall–Kier alpha value is -0.160. The molecule has 0 aliphatic heterocycles. The van der Waals surface area contributed by atoms with Gasteiger partial charge in [-0.05, 0) is 19.4 Å². The Kier molecular flexibility index (Phi) is 5.20. The van der Waals surface area contributed by atoms with Crippen LogP contribution in [0, 0.1) is 0 Å². The molecule has 0 saturated carbocycles. The van der Waals surface area contributed by atoms with Gasteiger partial charge in [0.2, 0.25) is 5.50 Å². The van der Waals surface area contributed by atoms with Gasteiger partial charge in [0, 0.05) is 14.2 Å². The molecule has 0 aromatic carbocycles. The van der Waals surface area contributed by atoms with Crippen LogP contribution in [0.1, 0.15) is 13.8 Å². The summed E-state index contributed by atoms with van der Waals surface area (Å²) in [7, 11) is -6.38. The van der Waals surface area contributed by atoms with E-state index in [4.69, 9.17) is 9.79 Å². The maximum Gasteiger partial charge on any atom is 0.525 e. The summed E-state index contributed by atoms with van der Waals surface area (Å²) in [5, 5.41) is 0. The molecule has 0 spiro atoms.